The lowest BCUT2D eigenvalue weighted by Crippen LogP contribution is -2.11. The van der Waals surface area contributed by atoms with E-state index in [-0.39, 0.29) is 5.82 Å². The molecule has 0 aliphatic carbocycles. The first kappa shape index (κ1) is 14.5. The van der Waals surface area contributed by atoms with E-state index in [1.54, 1.807) is 0 Å². The third kappa shape index (κ3) is 3.36. The fourth-order valence-corrected chi connectivity index (χ4v) is 2.13. The third-order valence-electron chi connectivity index (χ3n) is 3.09. The Morgan fingerprint density at radius 3 is 2.60 bits per heavy atom. The number of halogens is 1. The van der Waals surface area contributed by atoms with Gasteiger partial charge in [0, 0.05) is 17.7 Å². The summed E-state index contributed by atoms with van der Waals surface area (Å²) in [7, 11) is 0. The van der Waals surface area contributed by atoms with Gasteiger partial charge in [-0.2, -0.15) is 0 Å². The number of ether oxygens (including phenoxy) is 1. The molecule has 1 N–H and O–H groups in total. The van der Waals surface area contributed by atoms with Gasteiger partial charge < -0.3 is 10.1 Å². The van der Waals surface area contributed by atoms with Crippen LogP contribution in [0.1, 0.15) is 19.4 Å². The van der Waals surface area contributed by atoms with Crippen LogP contribution in [0.15, 0.2) is 42.5 Å². The molecule has 0 bridgehead atoms. The predicted molar refractivity (Wildman–Crippen MR) is 80.4 cm³/mol. The number of para-hydroxylation sites is 1. The molecule has 0 spiro atoms. The van der Waals surface area contributed by atoms with Gasteiger partial charge in [-0.1, -0.05) is 31.2 Å². The SMILES string of the molecule is CCNCc1ccc(F)c(-c2ccccc2OCC)c1. The Bertz CT molecular complexity index is 569. The molecule has 0 saturated heterocycles. The molecule has 3 heteroatoms. The van der Waals surface area contributed by atoms with E-state index >= 15 is 0 Å². The van der Waals surface area contributed by atoms with E-state index in [0.717, 1.165) is 30.0 Å². The summed E-state index contributed by atoms with van der Waals surface area (Å²) in [5.41, 5.74) is 2.45. The van der Waals surface area contributed by atoms with Gasteiger partial charge in [0.1, 0.15) is 11.6 Å². The van der Waals surface area contributed by atoms with Crippen LogP contribution in [0.4, 0.5) is 4.39 Å². The molecule has 2 rings (SSSR count). The van der Waals surface area contributed by atoms with E-state index < -0.39 is 0 Å². The molecule has 0 heterocycles. The Morgan fingerprint density at radius 2 is 1.85 bits per heavy atom. The Morgan fingerprint density at radius 1 is 1.05 bits per heavy atom. The highest BCUT2D eigenvalue weighted by Crippen LogP contribution is 2.32. The first-order valence-electron chi connectivity index (χ1n) is 6.97. The minimum atomic E-state index is -0.225. The molecule has 0 aliphatic rings. The van der Waals surface area contributed by atoms with Crippen LogP contribution in [-0.2, 0) is 6.54 Å². The van der Waals surface area contributed by atoms with Crippen molar-refractivity contribution in [3.63, 3.8) is 0 Å². The van der Waals surface area contributed by atoms with Crippen molar-refractivity contribution in [1.29, 1.82) is 0 Å². The molecule has 0 amide bonds. The first-order valence-corrected chi connectivity index (χ1v) is 6.97. The van der Waals surface area contributed by atoms with Crippen molar-refractivity contribution in [3.8, 4) is 16.9 Å². The molecular weight excluding hydrogens is 253 g/mol. The van der Waals surface area contributed by atoms with E-state index in [0.29, 0.717) is 12.2 Å². The molecule has 0 saturated carbocycles. The second-order valence-electron chi connectivity index (χ2n) is 4.52. The zero-order chi connectivity index (χ0) is 14.4. The second-order valence-corrected chi connectivity index (χ2v) is 4.52. The largest absolute Gasteiger partial charge is 0.493 e. The van der Waals surface area contributed by atoms with Gasteiger partial charge in [-0.05, 0) is 37.2 Å². The van der Waals surface area contributed by atoms with Crippen molar-refractivity contribution in [1.82, 2.24) is 5.32 Å². The number of hydrogen-bond acceptors (Lipinski definition) is 2. The van der Waals surface area contributed by atoms with E-state index in [1.807, 2.05) is 43.3 Å². The summed E-state index contributed by atoms with van der Waals surface area (Å²) < 4.78 is 19.7. The Balaban J connectivity index is 2.40. The van der Waals surface area contributed by atoms with Crippen molar-refractivity contribution in [2.24, 2.45) is 0 Å². The summed E-state index contributed by atoms with van der Waals surface area (Å²) in [6.07, 6.45) is 0. The minimum absolute atomic E-state index is 0.225. The highest BCUT2D eigenvalue weighted by atomic mass is 19.1. The Kier molecular flexibility index (Phi) is 5.13. The normalized spacial score (nSPS) is 10.6. The van der Waals surface area contributed by atoms with Gasteiger partial charge in [-0.15, -0.1) is 0 Å². The lowest BCUT2D eigenvalue weighted by atomic mass is 10.0. The third-order valence-corrected chi connectivity index (χ3v) is 3.09. The summed E-state index contributed by atoms with van der Waals surface area (Å²) in [6.45, 7) is 6.17. The molecule has 106 valence electrons. The topological polar surface area (TPSA) is 21.3 Å². The smallest absolute Gasteiger partial charge is 0.131 e. The first-order chi connectivity index (χ1) is 9.76. The quantitative estimate of drug-likeness (QED) is 0.859. The fraction of sp³-hybridized carbons (Fsp3) is 0.294. The van der Waals surface area contributed by atoms with Crippen LogP contribution in [0.3, 0.4) is 0 Å². The molecular formula is C17H20FNO. The maximum atomic E-state index is 14.1. The highest BCUT2D eigenvalue weighted by molar-refractivity contribution is 5.71. The Labute approximate surface area is 119 Å². The molecule has 2 aromatic carbocycles. The lowest BCUT2D eigenvalue weighted by molar-refractivity contribution is 0.341. The maximum Gasteiger partial charge on any atom is 0.131 e. The van der Waals surface area contributed by atoms with Crippen LogP contribution < -0.4 is 10.1 Å². The van der Waals surface area contributed by atoms with Crippen LogP contribution in [0, 0.1) is 5.82 Å². The van der Waals surface area contributed by atoms with Crippen molar-refractivity contribution in [3.05, 3.63) is 53.8 Å². The summed E-state index contributed by atoms with van der Waals surface area (Å²) >= 11 is 0. The molecule has 2 nitrogen and oxygen atoms in total. The van der Waals surface area contributed by atoms with Gasteiger partial charge in [0.15, 0.2) is 0 Å². The highest BCUT2D eigenvalue weighted by Gasteiger charge is 2.11. The van der Waals surface area contributed by atoms with E-state index in [1.165, 1.54) is 6.07 Å². The van der Waals surface area contributed by atoms with Crippen LogP contribution in [0.2, 0.25) is 0 Å². The van der Waals surface area contributed by atoms with Crippen molar-refractivity contribution < 1.29 is 9.13 Å². The van der Waals surface area contributed by atoms with Gasteiger partial charge in [0.2, 0.25) is 0 Å². The molecule has 2 aromatic rings. The average Bonchev–Trinajstić information content (AvgIpc) is 2.47. The minimum Gasteiger partial charge on any atom is -0.493 e. The molecule has 0 atom stereocenters. The zero-order valence-electron chi connectivity index (χ0n) is 11.9. The monoisotopic (exact) mass is 273 g/mol. The van der Waals surface area contributed by atoms with Crippen LogP contribution in [0.25, 0.3) is 11.1 Å². The summed E-state index contributed by atoms with van der Waals surface area (Å²) in [6, 6.07) is 12.8. The van der Waals surface area contributed by atoms with E-state index in [9.17, 15) is 4.39 Å². The maximum absolute atomic E-state index is 14.1. The van der Waals surface area contributed by atoms with Gasteiger partial charge >= 0.3 is 0 Å². The summed E-state index contributed by atoms with van der Waals surface area (Å²) in [4.78, 5) is 0. The molecule has 0 fully saturated rings. The van der Waals surface area contributed by atoms with Crippen molar-refractivity contribution in [2.45, 2.75) is 20.4 Å². The predicted octanol–water partition coefficient (Wildman–Crippen LogP) is 4.00. The van der Waals surface area contributed by atoms with Crippen LogP contribution >= 0.6 is 0 Å². The van der Waals surface area contributed by atoms with E-state index in [4.69, 9.17) is 4.74 Å². The molecule has 0 aromatic heterocycles. The molecule has 0 radical (unpaired) electrons. The summed E-state index contributed by atoms with van der Waals surface area (Å²) in [5.74, 6) is 0.493. The Hall–Kier alpha value is -1.87. The van der Waals surface area contributed by atoms with Crippen molar-refractivity contribution >= 4 is 0 Å². The van der Waals surface area contributed by atoms with Crippen LogP contribution in [0.5, 0.6) is 5.75 Å². The number of benzene rings is 2. The number of rotatable bonds is 6. The molecule has 0 unspecified atom stereocenters. The molecule has 0 aliphatic heterocycles. The van der Waals surface area contributed by atoms with Gasteiger partial charge in [0.05, 0.1) is 6.61 Å². The van der Waals surface area contributed by atoms with Crippen LogP contribution in [-0.4, -0.2) is 13.2 Å². The number of nitrogens with one attached hydrogen (secondary N) is 1. The van der Waals surface area contributed by atoms with Crippen molar-refractivity contribution in [2.75, 3.05) is 13.2 Å². The second kappa shape index (κ2) is 7.06. The van der Waals surface area contributed by atoms with E-state index in [2.05, 4.69) is 12.2 Å². The van der Waals surface area contributed by atoms with Gasteiger partial charge in [0.25, 0.3) is 0 Å². The van der Waals surface area contributed by atoms with Gasteiger partial charge in [-0.25, -0.2) is 4.39 Å². The average molecular weight is 273 g/mol. The summed E-state index contributed by atoms with van der Waals surface area (Å²) in [5, 5.41) is 3.25. The molecule has 20 heavy (non-hydrogen) atoms. The zero-order valence-corrected chi connectivity index (χ0v) is 11.9. The standard InChI is InChI=1S/C17H20FNO/c1-3-19-12-13-9-10-16(18)15(11-13)14-7-5-6-8-17(14)20-4-2/h5-11,19H,3-4,12H2,1-2H3. The fourth-order valence-electron chi connectivity index (χ4n) is 2.13. The lowest BCUT2D eigenvalue weighted by Gasteiger charge is -2.12. The van der Waals surface area contributed by atoms with Gasteiger partial charge in [-0.3, -0.25) is 0 Å². The number of hydrogen-bond donors (Lipinski definition) is 1.